The van der Waals surface area contributed by atoms with E-state index in [0.717, 1.165) is 4.90 Å². The number of carbonyl (C=O) groups excluding carboxylic acids is 2. The molecular formula is C15H16ClN7O2. The number of benzene rings is 1. The lowest BCUT2D eigenvalue weighted by molar-refractivity contribution is -0.132. The van der Waals surface area contributed by atoms with Gasteiger partial charge in [0.1, 0.15) is 5.54 Å². The first-order valence-corrected chi connectivity index (χ1v) is 7.89. The quantitative estimate of drug-likeness (QED) is 0.691. The van der Waals surface area contributed by atoms with Gasteiger partial charge in [0.05, 0.1) is 6.54 Å². The second-order valence-electron chi connectivity index (χ2n) is 5.56. The number of carbonyl (C=O) groups is 2. The molecule has 130 valence electrons. The van der Waals surface area contributed by atoms with E-state index in [-0.39, 0.29) is 24.3 Å². The van der Waals surface area contributed by atoms with Crippen LogP contribution in [0.2, 0.25) is 5.02 Å². The van der Waals surface area contributed by atoms with Crippen LogP contribution >= 0.6 is 11.6 Å². The molecule has 1 aromatic carbocycles. The Kier molecular flexibility index (Phi) is 4.17. The molecule has 1 atom stereocenters. The minimum Gasteiger partial charge on any atom is -0.368 e. The summed E-state index contributed by atoms with van der Waals surface area (Å²) in [5.41, 5.74) is 10.5. The highest BCUT2D eigenvalue weighted by atomic mass is 35.5. The lowest BCUT2D eigenvalue weighted by Gasteiger charge is -2.25. The van der Waals surface area contributed by atoms with Gasteiger partial charge >= 0.3 is 6.03 Å². The lowest BCUT2D eigenvalue weighted by atomic mass is 9.87. The lowest BCUT2D eigenvalue weighted by Crippen LogP contribution is -2.43. The molecule has 0 saturated carbocycles. The van der Waals surface area contributed by atoms with E-state index in [9.17, 15) is 9.59 Å². The standard InChI is InChI=1S/C15H16ClN7O2/c1-2-15(8-3-5-9(16)6-4-8)11(24)23(14(25)22-15)7-10-19-12(17)21-13(18)20-10/h3-6H,2,7H2,1H3,(H,22,25)(H4,17,18,19,20,21). The molecule has 25 heavy (non-hydrogen) atoms. The minimum absolute atomic E-state index is 0.0750. The highest BCUT2D eigenvalue weighted by Crippen LogP contribution is 2.33. The molecule has 1 unspecified atom stereocenters. The van der Waals surface area contributed by atoms with E-state index in [1.165, 1.54) is 0 Å². The predicted octanol–water partition coefficient (Wildman–Crippen LogP) is 1.05. The number of halogens is 1. The van der Waals surface area contributed by atoms with Crippen molar-refractivity contribution in [3.8, 4) is 0 Å². The molecule has 1 aromatic heterocycles. The maximum atomic E-state index is 13.0. The number of urea groups is 1. The summed E-state index contributed by atoms with van der Waals surface area (Å²) in [6.07, 6.45) is 0.372. The first kappa shape index (κ1) is 16.9. The summed E-state index contributed by atoms with van der Waals surface area (Å²) in [6, 6.07) is 6.23. The monoisotopic (exact) mass is 361 g/mol. The summed E-state index contributed by atoms with van der Waals surface area (Å²) in [7, 11) is 0. The topological polar surface area (TPSA) is 140 Å². The molecule has 1 saturated heterocycles. The Balaban J connectivity index is 1.94. The number of hydrogen-bond donors (Lipinski definition) is 3. The SMILES string of the molecule is CCC1(c2ccc(Cl)cc2)NC(=O)N(Cc2nc(N)nc(N)n2)C1=O. The second-order valence-corrected chi connectivity index (χ2v) is 5.99. The van der Waals surface area contributed by atoms with E-state index in [2.05, 4.69) is 20.3 Å². The fraction of sp³-hybridized carbons (Fsp3) is 0.267. The Hall–Kier alpha value is -2.94. The van der Waals surface area contributed by atoms with Crippen molar-refractivity contribution in [3.63, 3.8) is 0 Å². The number of nitrogens with one attached hydrogen (secondary N) is 1. The Morgan fingerprint density at radius 2 is 1.72 bits per heavy atom. The van der Waals surface area contributed by atoms with E-state index < -0.39 is 17.5 Å². The molecule has 2 heterocycles. The van der Waals surface area contributed by atoms with Crippen molar-refractivity contribution >= 4 is 35.4 Å². The van der Waals surface area contributed by atoms with Crippen molar-refractivity contribution < 1.29 is 9.59 Å². The first-order valence-electron chi connectivity index (χ1n) is 7.52. The van der Waals surface area contributed by atoms with Crippen molar-refractivity contribution in [1.29, 1.82) is 0 Å². The van der Waals surface area contributed by atoms with E-state index in [1.54, 1.807) is 24.3 Å². The van der Waals surface area contributed by atoms with Crippen molar-refractivity contribution in [1.82, 2.24) is 25.2 Å². The molecule has 9 nitrogen and oxygen atoms in total. The summed E-state index contributed by atoms with van der Waals surface area (Å²) >= 11 is 5.91. The van der Waals surface area contributed by atoms with Crippen LogP contribution in [0.1, 0.15) is 24.7 Å². The number of anilines is 2. The van der Waals surface area contributed by atoms with Gasteiger partial charge in [-0.05, 0) is 24.1 Å². The summed E-state index contributed by atoms with van der Waals surface area (Å²) in [5.74, 6) is -0.417. The zero-order valence-corrected chi connectivity index (χ0v) is 14.1. The maximum absolute atomic E-state index is 13.0. The van der Waals surface area contributed by atoms with Gasteiger partial charge in [0.2, 0.25) is 11.9 Å². The zero-order chi connectivity index (χ0) is 18.2. The van der Waals surface area contributed by atoms with Gasteiger partial charge < -0.3 is 16.8 Å². The molecule has 1 aliphatic rings. The summed E-state index contributed by atoms with van der Waals surface area (Å²) in [5, 5.41) is 3.30. The normalized spacial score (nSPS) is 20.0. The number of hydrogen-bond acceptors (Lipinski definition) is 7. The van der Waals surface area contributed by atoms with Crippen LogP contribution in [0.3, 0.4) is 0 Å². The van der Waals surface area contributed by atoms with Crippen LogP contribution < -0.4 is 16.8 Å². The van der Waals surface area contributed by atoms with Crippen LogP contribution in [0.25, 0.3) is 0 Å². The van der Waals surface area contributed by atoms with E-state index in [0.29, 0.717) is 17.0 Å². The molecule has 10 heteroatoms. The first-order chi connectivity index (χ1) is 11.9. The molecule has 0 radical (unpaired) electrons. The van der Waals surface area contributed by atoms with Crippen LogP contribution in [0, 0.1) is 0 Å². The van der Waals surface area contributed by atoms with Gasteiger partial charge in [-0.3, -0.25) is 9.69 Å². The molecule has 2 aromatic rings. The Labute approximate surface area is 148 Å². The van der Waals surface area contributed by atoms with Crippen molar-refractivity contribution in [2.45, 2.75) is 25.4 Å². The summed E-state index contributed by atoms with van der Waals surface area (Å²) in [6.45, 7) is 1.66. The van der Waals surface area contributed by atoms with Crippen LogP contribution in [0.5, 0.6) is 0 Å². The summed E-state index contributed by atoms with van der Waals surface area (Å²) in [4.78, 5) is 37.9. The Bertz CT molecular complexity index is 822. The second kappa shape index (κ2) is 6.17. The Morgan fingerprint density at radius 3 is 2.28 bits per heavy atom. The highest BCUT2D eigenvalue weighted by molar-refractivity contribution is 6.30. The van der Waals surface area contributed by atoms with Gasteiger partial charge in [-0.15, -0.1) is 0 Å². The van der Waals surface area contributed by atoms with Crippen LogP contribution in [-0.2, 0) is 16.9 Å². The molecule has 0 spiro atoms. The third-order valence-corrected chi connectivity index (χ3v) is 4.31. The van der Waals surface area contributed by atoms with E-state index >= 15 is 0 Å². The predicted molar refractivity (Wildman–Crippen MR) is 91.2 cm³/mol. The van der Waals surface area contributed by atoms with Gasteiger partial charge in [-0.2, -0.15) is 15.0 Å². The van der Waals surface area contributed by atoms with Gasteiger partial charge in [0, 0.05) is 5.02 Å². The van der Waals surface area contributed by atoms with Gasteiger partial charge in [0.25, 0.3) is 5.91 Å². The van der Waals surface area contributed by atoms with Gasteiger partial charge in [-0.25, -0.2) is 4.79 Å². The van der Waals surface area contributed by atoms with Gasteiger partial charge in [0.15, 0.2) is 5.82 Å². The molecule has 1 aliphatic heterocycles. The third-order valence-electron chi connectivity index (χ3n) is 4.06. The highest BCUT2D eigenvalue weighted by Gasteiger charge is 2.51. The number of nitrogen functional groups attached to an aromatic ring is 2. The van der Waals surface area contributed by atoms with Gasteiger partial charge in [-0.1, -0.05) is 30.7 Å². The number of nitrogens with two attached hydrogens (primary N) is 2. The number of aromatic nitrogens is 3. The number of amides is 3. The van der Waals surface area contributed by atoms with Crippen LogP contribution in [-0.4, -0.2) is 31.8 Å². The maximum Gasteiger partial charge on any atom is 0.325 e. The number of imide groups is 1. The zero-order valence-electron chi connectivity index (χ0n) is 13.4. The summed E-state index contributed by atoms with van der Waals surface area (Å²) < 4.78 is 0. The molecule has 0 aliphatic carbocycles. The number of rotatable bonds is 4. The minimum atomic E-state index is -1.16. The Morgan fingerprint density at radius 1 is 1.12 bits per heavy atom. The largest absolute Gasteiger partial charge is 0.368 e. The van der Waals surface area contributed by atoms with Crippen molar-refractivity contribution in [2.75, 3.05) is 11.5 Å². The smallest absolute Gasteiger partial charge is 0.325 e. The average Bonchev–Trinajstić information content (AvgIpc) is 2.80. The molecule has 1 fully saturated rings. The van der Waals surface area contributed by atoms with E-state index in [1.807, 2.05) is 6.92 Å². The fourth-order valence-corrected chi connectivity index (χ4v) is 2.94. The molecule has 3 rings (SSSR count). The fourth-order valence-electron chi connectivity index (χ4n) is 2.81. The third kappa shape index (κ3) is 2.93. The molecule has 0 bridgehead atoms. The molecule has 3 amide bonds. The molecular weight excluding hydrogens is 346 g/mol. The number of nitrogens with zero attached hydrogens (tertiary/aromatic N) is 4. The van der Waals surface area contributed by atoms with Crippen molar-refractivity contribution in [3.05, 3.63) is 40.7 Å². The van der Waals surface area contributed by atoms with Crippen LogP contribution in [0.15, 0.2) is 24.3 Å². The molecule has 5 N–H and O–H groups in total. The van der Waals surface area contributed by atoms with Crippen molar-refractivity contribution in [2.24, 2.45) is 0 Å². The van der Waals surface area contributed by atoms with Crippen LogP contribution in [0.4, 0.5) is 16.7 Å². The van der Waals surface area contributed by atoms with E-state index in [4.69, 9.17) is 23.1 Å². The average molecular weight is 362 g/mol.